The van der Waals surface area contributed by atoms with Gasteiger partial charge in [-0.3, -0.25) is 9.97 Å². The molecule has 0 amide bonds. The molecule has 105 valence electrons. The average Bonchev–Trinajstić information content (AvgIpc) is 2.37. The van der Waals surface area contributed by atoms with E-state index in [0.29, 0.717) is 22.4 Å². The molecule has 0 aliphatic carbocycles. The summed E-state index contributed by atoms with van der Waals surface area (Å²) >= 11 is 35.0. The molecule has 2 aromatic heterocycles. The van der Waals surface area contributed by atoms with Gasteiger partial charge in [-0.2, -0.15) is 0 Å². The first-order valence-electron chi connectivity index (χ1n) is 5.16. The van der Waals surface area contributed by atoms with E-state index < -0.39 is 7.59 Å². The highest BCUT2D eigenvalue weighted by Gasteiger charge is 2.25. The molecule has 8 heteroatoms. The summed E-state index contributed by atoms with van der Waals surface area (Å²) < 4.78 is -3.12. The molecule has 0 spiro atoms. The smallest absolute Gasteiger partial charge is 0.217 e. The first kappa shape index (κ1) is 16.4. The Morgan fingerprint density at radius 3 is 2.15 bits per heavy atom. The van der Waals surface area contributed by atoms with Gasteiger partial charge in [0.15, 0.2) is 0 Å². The van der Waals surface area contributed by atoms with Crippen molar-refractivity contribution in [2.75, 3.05) is 0 Å². The van der Waals surface area contributed by atoms with Crippen LogP contribution in [0.2, 0.25) is 0 Å². The van der Waals surface area contributed by atoms with E-state index in [-0.39, 0.29) is 0 Å². The molecule has 0 unspecified atom stereocenters. The SMILES string of the molecule is ClC(Cl)(Cl)c1cn[c]c(-c2cc(C(Cl)(Cl)Cl)ccn2)c1. The topological polar surface area (TPSA) is 25.8 Å². The maximum absolute atomic E-state index is 5.84. The average molecular weight is 390 g/mol. The number of halogens is 6. The van der Waals surface area contributed by atoms with Crippen molar-refractivity contribution in [1.29, 1.82) is 0 Å². The van der Waals surface area contributed by atoms with Crippen LogP contribution in [0.4, 0.5) is 0 Å². The van der Waals surface area contributed by atoms with Crippen LogP contribution < -0.4 is 0 Å². The molecule has 2 heterocycles. The predicted molar refractivity (Wildman–Crippen MR) is 84.8 cm³/mol. The summed E-state index contributed by atoms with van der Waals surface area (Å²) in [5.74, 6) is 0. The largest absolute Gasteiger partial charge is 0.256 e. The van der Waals surface area contributed by atoms with E-state index in [1.165, 1.54) is 12.4 Å². The van der Waals surface area contributed by atoms with Crippen LogP contribution >= 0.6 is 69.6 Å². The van der Waals surface area contributed by atoms with Gasteiger partial charge in [0, 0.05) is 29.1 Å². The number of rotatable bonds is 1. The molecule has 0 bridgehead atoms. The van der Waals surface area contributed by atoms with Crippen LogP contribution in [0.3, 0.4) is 0 Å². The zero-order valence-corrected chi connectivity index (χ0v) is 14.1. The lowest BCUT2D eigenvalue weighted by atomic mass is 10.1. The zero-order chi connectivity index (χ0) is 15.0. The van der Waals surface area contributed by atoms with E-state index in [9.17, 15) is 0 Å². The number of pyridine rings is 2. The van der Waals surface area contributed by atoms with Crippen molar-refractivity contribution in [2.45, 2.75) is 7.59 Å². The molecule has 0 aliphatic rings. The minimum Gasteiger partial charge on any atom is -0.256 e. The van der Waals surface area contributed by atoms with E-state index in [1.807, 2.05) is 0 Å². The Morgan fingerprint density at radius 2 is 1.55 bits per heavy atom. The lowest BCUT2D eigenvalue weighted by Crippen LogP contribution is -2.03. The fourth-order valence-electron chi connectivity index (χ4n) is 1.44. The van der Waals surface area contributed by atoms with Gasteiger partial charge >= 0.3 is 0 Å². The first-order chi connectivity index (χ1) is 9.18. The molecular formula is C12H5Cl6N2. The van der Waals surface area contributed by atoms with Gasteiger partial charge in [0.1, 0.15) is 0 Å². The Balaban J connectivity index is 2.47. The zero-order valence-electron chi connectivity index (χ0n) is 9.55. The van der Waals surface area contributed by atoms with Gasteiger partial charge in [-0.05, 0) is 18.2 Å². The Labute approximate surface area is 145 Å². The van der Waals surface area contributed by atoms with Crippen LogP contribution in [-0.2, 0) is 7.59 Å². The highest BCUT2D eigenvalue weighted by Crippen LogP contribution is 2.40. The highest BCUT2D eigenvalue weighted by molar-refractivity contribution is 6.67. The third kappa shape index (κ3) is 4.03. The quantitative estimate of drug-likeness (QED) is 0.593. The van der Waals surface area contributed by atoms with Gasteiger partial charge in [0.2, 0.25) is 7.59 Å². The monoisotopic (exact) mass is 387 g/mol. The summed E-state index contributed by atoms with van der Waals surface area (Å²) in [7, 11) is 0. The summed E-state index contributed by atoms with van der Waals surface area (Å²) in [6.07, 6.45) is 5.69. The predicted octanol–water partition coefficient (Wildman–Crippen LogP) is 5.60. The Hall–Kier alpha value is 0.0400. The van der Waals surface area contributed by atoms with Gasteiger partial charge < -0.3 is 0 Å². The van der Waals surface area contributed by atoms with Crippen molar-refractivity contribution in [2.24, 2.45) is 0 Å². The van der Waals surface area contributed by atoms with E-state index in [0.717, 1.165) is 0 Å². The minimum atomic E-state index is -1.58. The standard InChI is InChI=1S/C12H5Cl6N2/c13-11(14,15)8-1-2-20-10(4-8)7-3-9(6-19-5-7)12(16,17)18/h1-4,6H. The van der Waals surface area contributed by atoms with Crippen LogP contribution in [0.5, 0.6) is 0 Å². The van der Waals surface area contributed by atoms with Gasteiger partial charge in [-0.1, -0.05) is 69.6 Å². The summed E-state index contributed by atoms with van der Waals surface area (Å²) in [5, 5.41) is 0. The molecule has 0 saturated heterocycles. The Morgan fingerprint density at radius 1 is 0.900 bits per heavy atom. The molecular weight excluding hydrogens is 385 g/mol. The van der Waals surface area contributed by atoms with Crippen molar-refractivity contribution in [3.8, 4) is 11.3 Å². The van der Waals surface area contributed by atoms with Crippen LogP contribution in [0, 0.1) is 6.20 Å². The fourth-order valence-corrected chi connectivity index (χ4v) is 2.10. The van der Waals surface area contributed by atoms with Crippen LogP contribution in [-0.4, -0.2) is 9.97 Å². The van der Waals surface area contributed by atoms with E-state index in [2.05, 4.69) is 16.2 Å². The number of nitrogens with zero attached hydrogens (tertiary/aromatic N) is 2. The molecule has 0 fully saturated rings. The maximum atomic E-state index is 5.84. The molecule has 0 saturated carbocycles. The number of hydrogen-bond acceptors (Lipinski definition) is 2. The summed E-state index contributed by atoms with van der Waals surface area (Å²) in [5.41, 5.74) is 1.92. The first-order valence-corrected chi connectivity index (χ1v) is 7.43. The van der Waals surface area contributed by atoms with Crippen LogP contribution in [0.15, 0.2) is 30.6 Å². The molecule has 0 aliphatic heterocycles. The van der Waals surface area contributed by atoms with Gasteiger partial charge in [-0.15, -0.1) is 0 Å². The molecule has 2 aromatic rings. The van der Waals surface area contributed by atoms with Crippen LogP contribution in [0.1, 0.15) is 11.1 Å². The van der Waals surface area contributed by atoms with Gasteiger partial charge in [-0.25, -0.2) is 0 Å². The van der Waals surface area contributed by atoms with E-state index in [1.54, 1.807) is 18.2 Å². The van der Waals surface area contributed by atoms with E-state index in [4.69, 9.17) is 69.6 Å². The summed E-state index contributed by atoms with van der Waals surface area (Å²) in [6, 6.07) is 4.83. The third-order valence-electron chi connectivity index (χ3n) is 2.38. The summed E-state index contributed by atoms with van der Waals surface area (Å²) in [4.78, 5) is 8.07. The Kier molecular flexibility index (Phi) is 4.95. The second-order valence-corrected chi connectivity index (χ2v) is 8.37. The normalized spacial score (nSPS) is 12.5. The fraction of sp³-hybridized carbons (Fsp3) is 0.167. The molecule has 20 heavy (non-hydrogen) atoms. The number of alkyl halides is 6. The maximum Gasteiger partial charge on any atom is 0.217 e. The van der Waals surface area contributed by atoms with Crippen molar-refractivity contribution < 1.29 is 0 Å². The Bertz CT molecular complexity index is 562. The minimum absolute atomic E-state index is 0.400. The van der Waals surface area contributed by atoms with Crippen LogP contribution in [0.25, 0.3) is 11.3 Å². The van der Waals surface area contributed by atoms with Crippen molar-refractivity contribution in [3.05, 3.63) is 47.9 Å². The molecule has 2 rings (SSSR count). The van der Waals surface area contributed by atoms with Crippen molar-refractivity contribution in [3.63, 3.8) is 0 Å². The summed E-state index contributed by atoms with van der Waals surface area (Å²) in [6.45, 7) is 0. The van der Waals surface area contributed by atoms with Crippen molar-refractivity contribution >= 4 is 69.6 Å². The number of aromatic nitrogens is 2. The second kappa shape index (κ2) is 6.04. The van der Waals surface area contributed by atoms with Crippen molar-refractivity contribution in [1.82, 2.24) is 9.97 Å². The van der Waals surface area contributed by atoms with E-state index >= 15 is 0 Å². The van der Waals surface area contributed by atoms with Gasteiger partial charge in [0.05, 0.1) is 11.9 Å². The number of hydrogen-bond donors (Lipinski definition) is 0. The molecule has 2 nitrogen and oxygen atoms in total. The second-order valence-electron chi connectivity index (χ2n) is 3.81. The lowest BCUT2D eigenvalue weighted by Gasteiger charge is -2.13. The molecule has 0 N–H and O–H groups in total. The highest BCUT2D eigenvalue weighted by atomic mass is 35.6. The lowest BCUT2D eigenvalue weighted by molar-refractivity contribution is 1.15. The molecule has 0 aromatic carbocycles. The van der Waals surface area contributed by atoms with Gasteiger partial charge in [0.25, 0.3) is 0 Å². The molecule has 1 radical (unpaired) electrons. The molecule has 0 atom stereocenters. The third-order valence-corrected chi connectivity index (χ3v) is 3.69.